The van der Waals surface area contributed by atoms with Crippen LogP contribution in [0, 0.1) is 0 Å². The first-order chi connectivity index (χ1) is 3.60. The summed E-state index contributed by atoms with van der Waals surface area (Å²) in [5.41, 5.74) is 0. The fourth-order valence-electron chi connectivity index (χ4n) is 0.653. The Bertz CT molecular complexity index is 89.7. The van der Waals surface area contributed by atoms with Gasteiger partial charge in [-0.15, -0.1) is 0 Å². The summed E-state index contributed by atoms with van der Waals surface area (Å²) in [4.78, 5) is 0. The van der Waals surface area contributed by atoms with Gasteiger partial charge in [-0.2, -0.15) is 5.11 Å². The molecular formula is C5H9O3. The van der Waals surface area contributed by atoms with E-state index in [0.29, 0.717) is 0 Å². The first kappa shape index (κ1) is 6.01. The van der Waals surface area contributed by atoms with Crippen molar-refractivity contribution in [1.82, 2.24) is 0 Å². The lowest BCUT2D eigenvalue weighted by atomic mass is 10.4. The monoisotopic (exact) mass is 117 g/mol. The van der Waals surface area contributed by atoms with E-state index in [4.69, 9.17) is 9.47 Å². The van der Waals surface area contributed by atoms with E-state index in [9.17, 15) is 5.11 Å². The van der Waals surface area contributed by atoms with Crippen molar-refractivity contribution in [2.75, 3.05) is 6.61 Å². The average molecular weight is 117 g/mol. The highest BCUT2D eigenvalue weighted by Gasteiger charge is 2.31. The summed E-state index contributed by atoms with van der Waals surface area (Å²) in [6.45, 7) is 3.63. The molecule has 0 saturated carbocycles. The number of hydrogen-bond acceptors (Lipinski definition) is 2. The van der Waals surface area contributed by atoms with Gasteiger partial charge in [0.1, 0.15) is 6.61 Å². The summed E-state index contributed by atoms with van der Waals surface area (Å²) < 4.78 is 9.69. The fourth-order valence-corrected chi connectivity index (χ4v) is 0.653. The quantitative estimate of drug-likeness (QED) is 0.464. The third-order valence-corrected chi connectivity index (χ3v) is 0.982. The Balaban J connectivity index is 2.44. The molecule has 1 unspecified atom stereocenters. The molecule has 3 nitrogen and oxygen atoms in total. The Labute approximate surface area is 48.2 Å². The number of hydrogen-bond donors (Lipinski definition) is 0. The van der Waals surface area contributed by atoms with E-state index in [1.54, 1.807) is 13.8 Å². The molecule has 1 aliphatic rings. The zero-order chi connectivity index (χ0) is 6.20. The van der Waals surface area contributed by atoms with Gasteiger partial charge in [0.15, 0.2) is 5.79 Å². The maximum Gasteiger partial charge on any atom is 0.217 e. The lowest BCUT2D eigenvalue weighted by molar-refractivity contribution is -0.190. The molecule has 3 heteroatoms. The van der Waals surface area contributed by atoms with Gasteiger partial charge in [0, 0.05) is 0 Å². The van der Waals surface area contributed by atoms with Gasteiger partial charge in [0.05, 0.1) is 0 Å². The second kappa shape index (κ2) is 1.69. The molecule has 1 heterocycles. The zero-order valence-electron chi connectivity index (χ0n) is 5.01. The fraction of sp³-hybridized carbons (Fsp3) is 1.00. The highest BCUT2D eigenvalue weighted by molar-refractivity contribution is 4.61. The van der Waals surface area contributed by atoms with Crippen LogP contribution in [0.5, 0.6) is 0 Å². The standard InChI is InChI=1S/C5H9O3/c1-5(2)7-3-4(6)8-5/h4H,3H2,1-2H3. The highest BCUT2D eigenvalue weighted by atomic mass is 16.8. The first-order valence-electron chi connectivity index (χ1n) is 2.58. The van der Waals surface area contributed by atoms with E-state index in [2.05, 4.69) is 0 Å². The molecule has 0 aliphatic carbocycles. The van der Waals surface area contributed by atoms with E-state index in [-0.39, 0.29) is 6.61 Å². The Morgan fingerprint density at radius 1 is 1.62 bits per heavy atom. The van der Waals surface area contributed by atoms with Crippen molar-refractivity contribution in [3.8, 4) is 0 Å². The van der Waals surface area contributed by atoms with Gasteiger partial charge >= 0.3 is 0 Å². The second-order valence-corrected chi connectivity index (χ2v) is 2.26. The van der Waals surface area contributed by atoms with Gasteiger partial charge in [0.2, 0.25) is 6.29 Å². The lowest BCUT2D eigenvalue weighted by Gasteiger charge is -2.13. The largest absolute Gasteiger partial charge is 0.345 e. The molecular weight excluding hydrogens is 108 g/mol. The van der Waals surface area contributed by atoms with Crippen LogP contribution < -0.4 is 0 Å². The van der Waals surface area contributed by atoms with Crippen molar-refractivity contribution in [2.24, 2.45) is 0 Å². The molecule has 8 heavy (non-hydrogen) atoms. The van der Waals surface area contributed by atoms with Crippen LogP contribution in [-0.4, -0.2) is 18.7 Å². The third-order valence-electron chi connectivity index (χ3n) is 0.982. The van der Waals surface area contributed by atoms with Gasteiger partial charge in [-0.3, -0.25) is 0 Å². The maximum absolute atomic E-state index is 10.4. The average Bonchev–Trinajstić information content (AvgIpc) is 1.82. The molecule has 0 aromatic rings. The minimum absolute atomic E-state index is 0.174. The van der Waals surface area contributed by atoms with E-state index < -0.39 is 12.1 Å². The van der Waals surface area contributed by atoms with Gasteiger partial charge in [-0.25, -0.2) is 0 Å². The lowest BCUT2D eigenvalue weighted by Crippen LogP contribution is -2.20. The molecule has 1 radical (unpaired) electrons. The van der Waals surface area contributed by atoms with Crippen LogP contribution >= 0.6 is 0 Å². The summed E-state index contributed by atoms with van der Waals surface area (Å²) in [6.07, 6.45) is -0.981. The summed E-state index contributed by atoms with van der Waals surface area (Å²) in [5, 5.41) is 10.4. The van der Waals surface area contributed by atoms with Gasteiger partial charge in [-0.1, -0.05) is 0 Å². The molecule has 0 aromatic heterocycles. The Morgan fingerprint density at radius 2 is 2.25 bits per heavy atom. The third kappa shape index (κ3) is 1.18. The van der Waals surface area contributed by atoms with Gasteiger partial charge in [-0.05, 0) is 13.8 Å². The van der Waals surface area contributed by atoms with Crippen molar-refractivity contribution in [3.63, 3.8) is 0 Å². The SMILES string of the molecule is CC1(C)OCC([O])O1. The van der Waals surface area contributed by atoms with Crippen molar-refractivity contribution >= 4 is 0 Å². The van der Waals surface area contributed by atoms with Crippen molar-refractivity contribution in [2.45, 2.75) is 25.9 Å². The number of ether oxygens (including phenoxy) is 2. The van der Waals surface area contributed by atoms with Crippen LogP contribution in [0.25, 0.3) is 0 Å². The zero-order valence-corrected chi connectivity index (χ0v) is 5.01. The molecule has 0 bridgehead atoms. The number of rotatable bonds is 0. The summed E-state index contributed by atoms with van der Waals surface area (Å²) in [6, 6.07) is 0. The highest BCUT2D eigenvalue weighted by Crippen LogP contribution is 2.20. The van der Waals surface area contributed by atoms with Gasteiger partial charge in [0.25, 0.3) is 0 Å². The summed E-state index contributed by atoms with van der Waals surface area (Å²) in [7, 11) is 0. The first-order valence-corrected chi connectivity index (χ1v) is 2.58. The van der Waals surface area contributed by atoms with E-state index in [0.717, 1.165) is 0 Å². The van der Waals surface area contributed by atoms with Crippen LogP contribution in [0.3, 0.4) is 0 Å². The van der Waals surface area contributed by atoms with E-state index in [1.807, 2.05) is 0 Å². The molecule has 1 aliphatic heterocycles. The van der Waals surface area contributed by atoms with Crippen LogP contribution in [0.4, 0.5) is 0 Å². The van der Waals surface area contributed by atoms with Crippen LogP contribution in [0.15, 0.2) is 0 Å². The molecule has 0 spiro atoms. The smallest absolute Gasteiger partial charge is 0.217 e. The molecule has 1 atom stereocenters. The Hall–Kier alpha value is -0.120. The molecule has 47 valence electrons. The van der Waals surface area contributed by atoms with Crippen molar-refractivity contribution < 1.29 is 14.6 Å². The summed E-state index contributed by atoms with van der Waals surface area (Å²) >= 11 is 0. The Kier molecular flexibility index (Phi) is 1.27. The molecule has 1 saturated heterocycles. The molecule has 0 N–H and O–H groups in total. The minimum Gasteiger partial charge on any atom is -0.345 e. The van der Waals surface area contributed by atoms with Crippen molar-refractivity contribution in [3.05, 3.63) is 0 Å². The maximum atomic E-state index is 10.4. The summed E-state index contributed by atoms with van der Waals surface area (Å²) in [5.74, 6) is -0.646. The second-order valence-electron chi connectivity index (χ2n) is 2.26. The Morgan fingerprint density at radius 3 is 2.38 bits per heavy atom. The van der Waals surface area contributed by atoms with Crippen LogP contribution in [0.2, 0.25) is 0 Å². The predicted octanol–water partition coefficient (Wildman–Crippen LogP) is 0.526. The van der Waals surface area contributed by atoms with Crippen LogP contribution in [0.1, 0.15) is 13.8 Å². The topological polar surface area (TPSA) is 38.4 Å². The van der Waals surface area contributed by atoms with E-state index >= 15 is 0 Å². The normalized spacial score (nSPS) is 35.6. The molecule has 1 rings (SSSR count). The van der Waals surface area contributed by atoms with Gasteiger partial charge < -0.3 is 9.47 Å². The molecule has 1 fully saturated rings. The predicted molar refractivity (Wildman–Crippen MR) is 25.6 cm³/mol. The molecule has 0 amide bonds. The van der Waals surface area contributed by atoms with Crippen LogP contribution in [-0.2, 0) is 14.6 Å². The molecule has 0 aromatic carbocycles. The minimum atomic E-state index is -0.981. The van der Waals surface area contributed by atoms with Crippen molar-refractivity contribution in [1.29, 1.82) is 0 Å². The van der Waals surface area contributed by atoms with E-state index in [1.165, 1.54) is 0 Å².